The van der Waals surface area contributed by atoms with Crippen molar-refractivity contribution in [3.63, 3.8) is 0 Å². The zero-order valence-electron chi connectivity index (χ0n) is 44.1. The number of hydrogen-bond acceptors (Lipinski definition) is 16. The first-order valence-electron chi connectivity index (χ1n) is 25.1. The van der Waals surface area contributed by atoms with Gasteiger partial charge in [0.1, 0.15) is 16.8 Å². The molecule has 12 unspecified atom stereocenters. The standard InChI is InChI=1S/C54H67N7O15/c1-12-30-36-38(43(63)60(42(36)62)27-25-56-49(68)74-52(3,4)5)32(71-30)20-17-21-33-39-41(45(65)59(44(39)64)26-24-55-48(57-50(69)75-53(6,7)8)58-51(70)76-54(9,10)11)35(73-33)23-22-34-40-37(31(13-2)72-34)46(66)61(47(40)67)28-29-18-15-14-16-19-29/h12-16,18-23,30-41H,1-2,24-28H2,3-11H3,(H,56,68)(H2,55,57,58,69,70)/b23-22-. The summed E-state index contributed by atoms with van der Waals surface area (Å²) in [6.45, 7) is 21.9. The van der Waals surface area contributed by atoms with Crippen molar-refractivity contribution in [1.82, 2.24) is 30.7 Å². The Kier molecular flexibility index (Phi) is 16.7. The first-order valence-corrected chi connectivity index (χ1v) is 25.1. The molecule has 0 aromatic heterocycles. The molecular formula is C54H67N7O15. The third-order valence-corrected chi connectivity index (χ3v) is 13.0. The van der Waals surface area contributed by atoms with Gasteiger partial charge < -0.3 is 33.7 Å². The highest BCUT2D eigenvalue weighted by molar-refractivity contribution is 6.08. The first kappa shape index (κ1) is 56.5. The van der Waals surface area contributed by atoms with E-state index in [1.807, 2.05) is 30.3 Å². The second-order valence-electron chi connectivity index (χ2n) is 22.0. The van der Waals surface area contributed by atoms with Crippen molar-refractivity contribution in [2.75, 3.05) is 26.2 Å². The van der Waals surface area contributed by atoms with Gasteiger partial charge in [0, 0.05) is 19.6 Å². The quantitative estimate of drug-likeness (QED) is 0.0597. The number of likely N-dealkylation sites (tertiary alicyclic amines) is 3. The molecule has 1 aromatic rings. The number of hydrogen-bond donors (Lipinski definition) is 3. The van der Waals surface area contributed by atoms with Crippen molar-refractivity contribution in [1.29, 1.82) is 0 Å². The van der Waals surface area contributed by atoms with Crippen LogP contribution < -0.4 is 16.0 Å². The van der Waals surface area contributed by atoms with Gasteiger partial charge in [-0.1, -0.05) is 54.6 Å². The Balaban J connectivity index is 1.14. The molecule has 0 bridgehead atoms. The number of imide groups is 3. The maximum absolute atomic E-state index is 14.5. The normalized spacial score (nSPS) is 28.9. The van der Waals surface area contributed by atoms with Gasteiger partial charge in [-0.15, -0.1) is 18.9 Å². The Morgan fingerprint density at radius 2 is 0.947 bits per heavy atom. The van der Waals surface area contributed by atoms with E-state index in [9.17, 15) is 43.2 Å². The van der Waals surface area contributed by atoms with E-state index in [0.717, 1.165) is 15.4 Å². The number of fused-ring (bicyclic) bond motifs is 3. The minimum absolute atomic E-state index is 0.0592. The van der Waals surface area contributed by atoms with Crippen LogP contribution in [0.5, 0.6) is 0 Å². The van der Waals surface area contributed by atoms with Gasteiger partial charge in [0.15, 0.2) is 0 Å². The lowest BCUT2D eigenvalue weighted by Gasteiger charge is -2.22. The van der Waals surface area contributed by atoms with Crippen molar-refractivity contribution in [3.8, 4) is 0 Å². The summed E-state index contributed by atoms with van der Waals surface area (Å²) < 4.78 is 34.7. The van der Waals surface area contributed by atoms with Crippen LogP contribution in [0.25, 0.3) is 0 Å². The van der Waals surface area contributed by atoms with E-state index in [-0.39, 0.29) is 38.7 Å². The largest absolute Gasteiger partial charge is 0.444 e. The molecule has 6 aliphatic heterocycles. The van der Waals surface area contributed by atoms with Gasteiger partial charge in [0.25, 0.3) is 0 Å². The van der Waals surface area contributed by atoms with Crippen LogP contribution in [0, 0.1) is 35.5 Å². The fourth-order valence-corrected chi connectivity index (χ4v) is 10.1. The van der Waals surface area contributed by atoms with E-state index in [2.05, 4.69) is 39.8 Å². The van der Waals surface area contributed by atoms with Crippen molar-refractivity contribution in [2.24, 2.45) is 40.5 Å². The second kappa shape index (κ2) is 22.5. The fourth-order valence-electron chi connectivity index (χ4n) is 10.1. The minimum atomic E-state index is -1.14. The average molecular weight is 1050 g/mol. The lowest BCUT2D eigenvalue weighted by molar-refractivity contribution is -0.144. The highest BCUT2D eigenvalue weighted by Gasteiger charge is 2.61. The van der Waals surface area contributed by atoms with E-state index in [1.165, 1.54) is 35.3 Å². The Labute approximate surface area is 440 Å². The number of nitrogens with one attached hydrogen (secondary N) is 3. The summed E-state index contributed by atoms with van der Waals surface area (Å²) in [4.78, 5) is 129. The molecule has 0 spiro atoms. The van der Waals surface area contributed by atoms with Crippen LogP contribution in [-0.4, -0.2) is 154 Å². The van der Waals surface area contributed by atoms with E-state index >= 15 is 0 Å². The number of aliphatic imine (C=N–C) groups is 1. The van der Waals surface area contributed by atoms with Crippen LogP contribution in [-0.2, 0) is 63.7 Å². The fraction of sp³-hybridized carbons (Fsp3) is 0.537. The van der Waals surface area contributed by atoms with Gasteiger partial charge in [0.2, 0.25) is 41.4 Å². The molecule has 6 fully saturated rings. The lowest BCUT2D eigenvalue weighted by Crippen LogP contribution is -2.47. The highest BCUT2D eigenvalue weighted by atomic mass is 16.6. The Morgan fingerprint density at radius 3 is 1.39 bits per heavy atom. The molecule has 22 nitrogen and oxygen atoms in total. The van der Waals surface area contributed by atoms with Crippen molar-refractivity contribution >= 4 is 59.7 Å². The summed E-state index contributed by atoms with van der Waals surface area (Å²) in [6, 6.07) is 9.07. The van der Waals surface area contributed by atoms with E-state index in [0.29, 0.717) is 0 Å². The summed E-state index contributed by atoms with van der Waals surface area (Å²) >= 11 is 0. The molecule has 76 heavy (non-hydrogen) atoms. The van der Waals surface area contributed by atoms with Gasteiger partial charge in [-0.05, 0) is 80.0 Å². The molecule has 6 aliphatic rings. The Bertz CT molecular complexity index is 2610. The molecule has 22 heteroatoms. The zero-order chi connectivity index (χ0) is 55.6. The number of amides is 9. The van der Waals surface area contributed by atoms with Crippen molar-refractivity contribution in [2.45, 2.75) is 122 Å². The molecule has 7 rings (SSSR count). The van der Waals surface area contributed by atoms with Crippen LogP contribution >= 0.6 is 0 Å². The second-order valence-corrected chi connectivity index (χ2v) is 22.0. The molecule has 6 heterocycles. The van der Waals surface area contributed by atoms with Gasteiger partial charge in [0.05, 0.1) is 85.2 Å². The maximum atomic E-state index is 14.5. The third-order valence-electron chi connectivity index (χ3n) is 13.0. The van der Waals surface area contributed by atoms with Gasteiger partial charge in [-0.25, -0.2) is 14.4 Å². The molecule has 12 atom stereocenters. The number of carbonyl (C=O) groups is 9. The van der Waals surface area contributed by atoms with Crippen molar-refractivity contribution < 1.29 is 71.6 Å². The SMILES string of the molecule is C=CC1OC(C=C=CC2OC(/C=C\C3OC(C=C)C4C(=O)N(Cc5ccccc5)C(=O)C34)C3C(=O)N(CCN=C(NC(=O)OC(C)(C)C)NC(=O)OC(C)(C)C)C(=O)C23)C2C(=O)N(CCNC(=O)OC(C)(C)C)C(=O)C12. The number of guanidine groups is 1. The van der Waals surface area contributed by atoms with Gasteiger partial charge in [-0.2, -0.15) is 0 Å². The van der Waals surface area contributed by atoms with Crippen LogP contribution in [0.15, 0.2) is 90.7 Å². The molecular weight excluding hydrogens is 987 g/mol. The number of rotatable bonds is 14. The summed E-state index contributed by atoms with van der Waals surface area (Å²) in [5.74, 6) is -9.44. The predicted molar refractivity (Wildman–Crippen MR) is 270 cm³/mol. The summed E-state index contributed by atoms with van der Waals surface area (Å²) in [5.41, 5.74) is 1.17. The van der Waals surface area contributed by atoms with E-state index in [4.69, 9.17) is 28.4 Å². The third kappa shape index (κ3) is 12.7. The molecule has 0 aliphatic carbocycles. The van der Waals surface area contributed by atoms with Gasteiger partial charge >= 0.3 is 18.3 Å². The Hall–Kier alpha value is -7.26. The predicted octanol–water partition coefficient (Wildman–Crippen LogP) is 3.86. The summed E-state index contributed by atoms with van der Waals surface area (Å²) in [6.07, 6.45) is 0.468. The summed E-state index contributed by atoms with van der Waals surface area (Å²) in [5, 5.41) is 7.30. The zero-order valence-corrected chi connectivity index (χ0v) is 44.1. The smallest absolute Gasteiger partial charge is 0.414 e. The van der Waals surface area contributed by atoms with E-state index < -0.39 is 143 Å². The number of carbonyl (C=O) groups excluding carboxylic acids is 9. The molecule has 1 aromatic carbocycles. The van der Waals surface area contributed by atoms with Crippen LogP contribution in [0.1, 0.15) is 67.9 Å². The Morgan fingerprint density at radius 1 is 0.566 bits per heavy atom. The highest BCUT2D eigenvalue weighted by Crippen LogP contribution is 2.45. The molecule has 3 N–H and O–H groups in total. The summed E-state index contributed by atoms with van der Waals surface area (Å²) in [7, 11) is 0. The maximum Gasteiger partial charge on any atom is 0.414 e. The number of ether oxygens (including phenoxy) is 6. The lowest BCUT2D eigenvalue weighted by atomic mass is 9.87. The van der Waals surface area contributed by atoms with Crippen molar-refractivity contribution in [3.05, 3.63) is 91.2 Å². The van der Waals surface area contributed by atoms with Gasteiger partial charge in [-0.3, -0.25) is 59.1 Å². The minimum Gasteiger partial charge on any atom is -0.444 e. The molecule has 9 amide bonds. The number of nitrogens with zero attached hydrogens (tertiary/aromatic N) is 4. The molecule has 0 radical (unpaired) electrons. The van der Waals surface area contributed by atoms with E-state index in [1.54, 1.807) is 68.4 Å². The number of benzene rings is 1. The average Bonchev–Trinajstić information content (AvgIpc) is 4.14. The van der Waals surface area contributed by atoms with Crippen LogP contribution in [0.3, 0.4) is 0 Å². The molecule has 0 saturated carbocycles. The topological polar surface area (TPSA) is 267 Å². The first-order chi connectivity index (χ1) is 35.7. The molecule has 408 valence electrons. The van der Waals surface area contributed by atoms with Crippen LogP contribution in [0.2, 0.25) is 0 Å². The molecule has 6 saturated heterocycles. The van der Waals surface area contributed by atoms with Crippen LogP contribution in [0.4, 0.5) is 14.4 Å². The number of alkyl carbamates (subject to hydrolysis) is 3. The monoisotopic (exact) mass is 1050 g/mol.